The maximum atomic E-state index is 14.1. The molecule has 0 spiro atoms. The summed E-state index contributed by atoms with van der Waals surface area (Å²) in [7, 11) is 0. The number of para-hydroxylation sites is 1. The summed E-state index contributed by atoms with van der Waals surface area (Å²) in [5.74, 6) is 1.12. The predicted molar refractivity (Wildman–Crippen MR) is 123 cm³/mol. The van der Waals surface area contributed by atoms with Crippen LogP contribution in [0.4, 0.5) is 15.9 Å². The third-order valence-electron chi connectivity index (χ3n) is 6.28. The molecule has 3 heterocycles. The number of piperazine rings is 1. The number of hydrogen-bond acceptors (Lipinski definition) is 8. The van der Waals surface area contributed by atoms with Gasteiger partial charge in [-0.15, -0.1) is 16.8 Å². The van der Waals surface area contributed by atoms with E-state index in [9.17, 15) is 9.60 Å². The Balaban J connectivity index is 0.00000272. The smallest absolute Gasteiger partial charge is 0.271 e. The maximum absolute atomic E-state index is 14.1. The Bertz CT molecular complexity index is 888. The molecule has 2 aromatic rings. The van der Waals surface area contributed by atoms with Crippen LogP contribution in [-0.4, -0.2) is 63.4 Å². The number of halogens is 2. The van der Waals surface area contributed by atoms with E-state index in [2.05, 4.69) is 32.4 Å². The standard InChI is InChI=1S/C21H30FN5O2S.ClH/c1-20(2)14-27(28)21(3,4)13-17(20)29-19-18(23-30-24-19)26-11-9-25(10-12-26)16-8-6-5-7-15(16)22;/h5-8,17,28H,9-14H2,1-4H3;1H. The van der Waals surface area contributed by atoms with Gasteiger partial charge in [-0.25, -0.2) is 4.39 Å². The van der Waals surface area contributed by atoms with Crippen LogP contribution in [0, 0.1) is 11.2 Å². The Hall–Kier alpha value is -1.68. The molecule has 0 aliphatic carbocycles. The number of piperidine rings is 1. The summed E-state index contributed by atoms with van der Waals surface area (Å²) < 4.78 is 29.4. The number of benzene rings is 1. The molecule has 0 amide bonds. The number of hydrogen-bond donors (Lipinski definition) is 1. The molecule has 172 valence electrons. The van der Waals surface area contributed by atoms with E-state index in [1.807, 2.05) is 26.0 Å². The van der Waals surface area contributed by atoms with Gasteiger partial charge in [0.15, 0.2) is 0 Å². The van der Waals surface area contributed by atoms with E-state index in [0.29, 0.717) is 37.6 Å². The van der Waals surface area contributed by atoms with Gasteiger partial charge in [0.05, 0.1) is 17.4 Å². The fraction of sp³-hybridized carbons (Fsp3) is 0.619. The Labute approximate surface area is 193 Å². The lowest BCUT2D eigenvalue weighted by Gasteiger charge is -2.49. The topological polar surface area (TPSA) is 65.0 Å². The molecule has 0 radical (unpaired) electrons. The van der Waals surface area contributed by atoms with Crippen LogP contribution in [0.2, 0.25) is 0 Å². The number of ether oxygens (including phenoxy) is 1. The summed E-state index contributed by atoms with van der Waals surface area (Å²) in [6, 6.07) is 6.89. The normalized spacial score (nSPS) is 23.4. The molecule has 1 atom stereocenters. The lowest BCUT2D eigenvalue weighted by Crippen LogP contribution is -2.59. The molecule has 2 aliphatic rings. The Morgan fingerprint density at radius 1 is 1.06 bits per heavy atom. The second kappa shape index (κ2) is 9.05. The van der Waals surface area contributed by atoms with Gasteiger partial charge in [-0.05, 0) is 26.0 Å². The van der Waals surface area contributed by atoms with Crippen molar-refractivity contribution in [3.8, 4) is 5.88 Å². The zero-order valence-corrected chi connectivity index (χ0v) is 20.0. The molecule has 7 nitrogen and oxygen atoms in total. The van der Waals surface area contributed by atoms with Crippen LogP contribution in [0.3, 0.4) is 0 Å². The average molecular weight is 472 g/mol. The van der Waals surface area contributed by atoms with Crippen molar-refractivity contribution >= 4 is 35.6 Å². The summed E-state index contributed by atoms with van der Waals surface area (Å²) >= 11 is 1.15. The van der Waals surface area contributed by atoms with Gasteiger partial charge in [-0.1, -0.05) is 26.0 Å². The average Bonchev–Trinajstić information content (AvgIpc) is 3.15. The SMILES string of the molecule is CC1(C)CN(O)C(C)(C)CC1Oc1nsnc1N1CCN(c2ccccc2F)CC1.Cl. The number of hydroxylamine groups is 2. The number of aromatic nitrogens is 2. The first kappa shape index (κ1) is 24.0. The third-order valence-corrected chi connectivity index (χ3v) is 6.78. The lowest BCUT2D eigenvalue weighted by atomic mass is 9.75. The summed E-state index contributed by atoms with van der Waals surface area (Å²) in [4.78, 5) is 4.23. The number of anilines is 2. The highest BCUT2D eigenvalue weighted by Crippen LogP contribution is 2.40. The van der Waals surface area contributed by atoms with Gasteiger partial charge in [0.2, 0.25) is 5.82 Å². The largest absolute Gasteiger partial charge is 0.470 e. The molecule has 0 bridgehead atoms. The molecule has 4 rings (SSSR count). The van der Waals surface area contributed by atoms with Gasteiger partial charge in [0.25, 0.3) is 5.88 Å². The zero-order chi connectivity index (χ0) is 21.5. The zero-order valence-electron chi connectivity index (χ0n) is 18.4. The molecule has 2 aliphatic heterocycles. The van der Waals surface area contributed by atoms with E-state index in [0.717, 1.165) is 30.6 Å². The van der Waals surface area contributed by atoms with Crippen LogP contribution in [0.1, 0.15) is 34.1 Å². The van der Waals surface area contributed by atoms with Gasteiger partial charge < -0.3 is 19.7 Å². The van der Waals surface area contributed by atoms with Gasteiger partial charge in [0, 0.05) is 50.1 Å². The lowest BCUT2D eigenvalue weighted by molar-refractivity contribution is -0.224. The van der Waals surface area contributed by atoms with E-state index >= 15 is 0 Å². The highest BCUT2D eigenvalue weighted by molar-refractivity contribution is 6.99. The summed E-state index contributed by atoms with van der Waals surface area (Å²) in [5, 5.41) is 11.7. The van der Waals surface area contributed by atoms with E-state index in [4.69, 9.17) is 4.74 Å². The van der Waals surface area contributed by atoms with Crippen molar-refractivity contribution in [1.29, 1.82) is 0 Å². The van der Waals surface area contributed by atoms with Crippen molar-refractivity contribution < 1.29 is 14.3 Å². The van der Waals surface area contributed by atoms with Crippen molar-refractivity contribution in [3.63, 3.8) is 0 Å². The predicted octanol–water partition coefficient (Wildman–Crippen LogP) is 4.07. The quantitative estimate of drug-likeness (QED) is 0.720. The van der Waals surface area contributed by atoms with Crippen LogP contribution in [-0.2, 0) is 0 Å². The maximum Gasteiger partial charge on any atom is 0.271 e. The van der Waals surface area contributed by atoms with Crippen LogP contribution < -0.4 is 14.5 Å². The molecule has 10 heteroatoms. The monoisotopic (exact) mass is 471 g/mol. The Morgan fingerprint density at radius 3 is 2.39 bits per heavy atom. The van der Waals surface area contributed by atoms with Crippen LogP contribution in [0.5, 0.6) is 5.88 Å². The first-order valence-corrected chi connectivity index (χ1v) is 11.1. The van der Waals surface area contributed by atoms with Crippen LogP contribution in [0.15, 0.2) is 24.3 Å². The Kier molecular flexibility index (Phi) is 7.00. The van der Waals surface area contributed by atoms with Crippen molar-refractivity contribution in [2.45, 2.75) is 45.8 Å². The van der Waals surface area contributed by atoms with Crippen molar-refractivity contribution in [1.82, 2.24) is 13.8 Å². The minimum atomic E-state index is -0.366. The molecule has 31 heavy (non-hydrogen) atoms. The fourth-order valence-electron chi connectivity index (χ4n) is 4.18. The Morgan fingerprint density at radius 2 is 1.71 bits per heavy atom. The molecule has 1 N–H and O–H groups in total. The van der Waals surface area contributed by atoms with Gasteiger partial charge in [0.1, 0.15) is 11.9 Å². The summed E-state index contributed by atoms with van der Waals surface area (Å²) in [6.07, 6.45) is 0.604. The van der Waals surface area contributed by atoms with Crippen molar-refractivity contribution in [2.24, 2.45) is 5.41 Å². The molecular weight excluding hydrogens is 441 g/mol. The first-order chi connectivity index (χ1) is 14.2. The molecule has 1 unspecified atom stereocenters. The highest BCUT2D eigenvalue weighted by atomic mass is 35.5. The second-order valence-corrected chi connectivity index (χ2v) is 10.0. The van der Waals surface area contributed by atoms with Gasteiger partial charge in [-0.3, -0.25) is 0 Å². The van der Waals surface area contributed by atoms with E-state index in [1.54, 1.807) is 6.07 Å². The molecule has 2 saturated heterocycles. The molecule has 1 aromatic heterocycles. The number of nitrogens with zero attached hydrogens (tertiary/aromatic N) is 5. The third kappa shape index (κ3) is 4.89. The molecule has 1 aromatic carbocycles. The minimum absolute atomic E-state index is 0. The molecular formula is C21H31ClFN5O2S. The molecule has 0 saturated carbocycles. The summed E-state index contributed by atoms with van der Waals surface area (Å²) in [6.45, 7) is 11.6. The highest BCUT2D eigenvalue weighted by Gasteiger charge is 2.46. The molecule has 2 fully saturated rings. The fourth-order valence-corrected chi connectivity index (χ4v) is 4.69. The van der Waals surface area contributed by atoms with E-state index in [-0.39, 0.29) is 35.3 Å². The minimum Gasteiger partial charge on any atom is -0.470 e. The second-order valence-electron chi connectivity index (χ2n) is 9.49. The van der Waals surface area contributed by atoms with Crippen LogP contribution >= 0.6 is 24.1 Å². The summed E-state index contributed by atoms with van der Waals surface area (Å²) in [5.41, 5.74) is 0.0499. The van der Waals surface area contributed by atoms with E-state index in [1.165, 1.54) is 11.1 Å². The number of rotatable bonds is 4. The van der Waals surface area contributed by atoms with E-state index < -0.39 is 0 Å². The van der Waals surface area contributed by atoms with Gasteiger partial charge >= 0.3 is 0 Å². The first-order valence-electron chi connectivity index (χ1n) is 10.4. The van der Waals surface area contributed by atoms with Gasteiger partial charge in [-0.2, -0.15) is 9.44 Å². The van der Waals surface area contributed by atoms with Crippen molar-refractivity contribution in [2.75, 3.05) is 42.5 Å². The van der Waals surface area contributed by atoms with Crippen LogP contribution in [0.25, 0.3) is 0 Å². The van der Waals surface area contributed by atoms with Crippen molar-refractivity contribution in [3.05, 3.63) is 30.1 Å².